The molecular formula is C25H25N5O3S. The maximum absolute atomic E-state index is 12.9. The van der Waals surface area contributed by atoms with Gasteiger partial charge in [0.1, 0.15) is 11.5 Å². The van der Waals surface area contributed by atoms with E-state index in [1.807, 2.05) is 34.9 Å². The number of pyridine rings is 1. The number of methoxy groups -OCH3 is 2. The summed E-state index contributed by atoms with van der Waals surface area (Å²) in [5, 5.41) is 12.5. The van der Waals surface area contributed by atoms with E-state index in [2.05, 4.69) is 32.6 Å². The van der Waals surface area contributed by atoms with E-state index < -0.39 is 0 Å². The largest absolute Gasteiger partial charge is 0.497 e. The van der Waals surface area contributed by atoms with Gasteiger partial charge < -0.3 is 19.4 Å². The molecule has 4 rings (SSSR count). The van der Waals surface area contributed by atoms with Gasteiger partial charge in [0.25, 0.3) is 5.91 Å². The smallest absolute Gasteiger partial charge is 0.251 e. The number of carbonyl (C=O) groups excluding carboxylic acids is 1. The predicted molar refractivity (Wildman–Crippen MR) is 130 cm³/mol. The standard InChI is InChI=1S/C25H25N5O3S/c1-32-21-12-20(13-22(14-21)33-2)24(31)27-15-23-28-29-25(34-17-19-8-10-26-11-9-19)30(23)16-18-6-4-3-5-7-18/h3-14H,15-17H2,1-2H3,(H,27,31). The van der Waals surface area contributed by atoms with E-state index in [0.29, 0.717) is 29.4 Å². The number of hydrogen-bond acceptors (Lipinski definition) is 7. The van der Waals surface area contributed by atoms with Crippen LogP contribution in [0.15, 0.2) is 78.2 Å². The zero-order valence-electron chi connectivity index (χ0n) is 19.0. The molecule has 0 saturated heterocycles. The van der Waals surface area contributed by atoms with Crippen LogP contribution in [-0.4, -0.2) is 39.9 Å². The molecule has 34 heavy (non-hydrogen) atoms. The van der Waals surface area contributed by atoms with Crippen molar-refractivity contribution in [1.29, 1.82) is 0 Å². The minimum absolute atomic E-state index is 0.230. The second-order valence-electron chi connectivity index (χ2n) is 7.40. The number of hydrogen-bond donors (Lipinski definition) is 1. The van der Waals surface area contributed by atoms with Crippen LogP contribution in [0.3, 0.4) is 0 Å². The van der Waals surface area contributed by atoms with E-state index in [0.717, 1.165) is 22.0 Å². The lowest BCUT2D eigenvalue weighted by atomic mass is 10.2. The maximum Gasteiger partial charge on any atom is 0.251 e. The first kappa shape index (κ1) is 23.3. The first-order valence-corrected chi connectivity index (χ1v) is 11.6. The van der Waals surface area contributed by atoms with Crippen LogP contribution in [0.25, 0.3) is 0 Å². The van der Waals surface area contributed by atoms with Crippen LogP contribution < -0.4 is 14.8 Å². The second-order valence-corrected chi connectivity index (χ2v) is 8.34. The minimum Gasteiger partial charge on any atom is -0.497 e. The average Bonchev–Trinajstić information content (AvgIpc) is 3.27. The van der Waals surface area contributed by atoms with Gasteiger partial charge in [-0.3, -0.25) is 9.78 Å². The molecule has 0 saturated carbocycles. The molecule has 2 heterocycles. The summed E-state index contributed by atoms with van der Waals surface area (Å²) in [5.74, 6) is 2.26. The fraction of sp³-hybridized carbons (Fsp3) is 0.200. The molecule has 0 fully saturated rings. The molecular weight excluding hydrogens is 450 g/mol. The Morgan fingerprint density at radius 3 is 2.32 bits per heavy atom. The summed E-state index contributed by atoms with van der Waals surface area (Å²) in [5.41, 5.74) is 2.71. The third kappa shape index (κ3) is 5.93. The number of carbonyl (C=O) groups is 1. The van der Waals surface area contributed by atoms with Crippen molar-refractivity contribution < 1.29 is 14.3 Å². The number of nitrogens with zero attached hydrogens (tertiary/aromatic N) is 4. The molecule has 174 valence electrons. The van der Waals surface area contributed by atoms with Gasteiger partial charge in [-0.2, -0.15) is 0 Å². The highest BCUT2D eigenvalue weighted by atomic mass is 32.2. The molecule has 1 amide bonds. The van der Waals surface area contributed by atoms with Crippen LogP contribution in [0.4, 0.5) is 0 Å². The number of nitrogens with one attached hydrogen (secondary N) is 1. The summed E-state index contributed by atoms with van der Waals surface area (Å²) in [4.78, 5) is 16.9. The molecule has 8 nitrogen and oxygen atoms in total. The zero-order chi connectivity index (χ0) is 23.8. The molecule has 0 radical (unpaired) electrons. The van der Waals surface area contributed by atoms with Gasteiger partial charge in [-0.05, 0) is 35.4 Å². The molecule has 0 bridgehead atoms. The molecule has 0 aliphatic rings. The van der Waals surface area contributed by atoms with Crippen molar-refractivity contribution in [3.05, 3.63) is 95.6 Å². The van der Waals surface area contributed by atoms with Crippen molar-refractivity contribution in [3.8, 4) is 11.5 Å². The van der Waals surface area contributed by atoms with E-state index in [1.54, 1.807) is 56.6 Å². The van der Waals surface area contributed by atoms with Gasteiger partial charge in [-0.1, -0.05) is 42.1 Å². The number of ether oxygens (including phenoxy) is 2. The van der Waals surface area contributed by atoms with Gasteiger partial charge in [0.2, 0.25) is 0 Å². The molecule has 0 unspecified atom stereocenters. The monoisotopic (exact) mass is 475 g/mol. The molecule has 2 aromatic heterocycles. The molecule has 0 aliphatic heterocycles. The first-order valence-electron chi connectivity index (χ1n) is 10.6. The van der Waals surface area contributed by atoms with Gasteiger partial charge in [-0.25, -0.2) is 0 Å². The molecule has 0 atom stereocenters. The summed E-state index contributed by atoms with van der Waals surface area (Å²) in [6.45, 7) is 0.832. The highest BCUT2D eigenvalue weighted by Crippen LogP contribution is 2.24. The number of thioether (sulfide) groups is 1. The van der Waals surface area contributed by atoms with Crippen LogP contribution >= 0.6 is 11.8 Å². The van der Waals surface area contributed by atoms with Crippen molar-refractivity contribution in [3.63, 3.8) is 0 Å². The maximum atomic E-state index is 12.9. The van der Waals surface area contributed by atoms with Crippen LogP contribution in [-0.2, 0) is 18.8 Å². The zero-order valence-corrected chi connectivity index (χ0v) is 19.8. The van der Waals surface area contributed by atoms with Gasteiger partial charge in [0.15, 0.2) is 11.0 Å². The molecule has 1 N–H and O–H groups in total. The van der Waals surface area contributed by atoms with Crippen molar-refractivity contribution in [2.45, 2.75) is 24.0 Å². The van der Waals surface area contributed by atoms with Crippen LogP contribution in [0, 0.1) is 0 Å². The fourth-order valence-corrected chi connectivity index (χ4v) is 4.22. The first-order chi connectivity index (χ1) is 16.7. The van der Waals surface area contributed by atoms with Gasteiger partial charge >= 0.3 is 0 Å². The lowest BCUT2D eigenvalue weighted by molar-refractivity contribution is 0.0948. The Hall–Kier alpha value is -3.85. The lowest BCUT2D eigenvalue weighted by Crippen LogP contribution is -2.25. The predicted octanol–water partition coefficient (Wildman–Crippen LogP) is 3.96. The Balaban J connectivity index is 1.52. The van der Waals surface area contributed by atoms with Crippen molar-refractivity contribution >= 4 is 17.7 Å². The summed E-state index contributed by atoms with van der Waals surface area (Å²) < 4.78 is 12.6. The summed E-state index contributed by atoms with van der Waals surface area (Å²) in [7, 11) is 3.10. The summed E-state index contributed by atoms with van der Waals surface area (Å²) >= 11 is 1.60. The molecule has 0 spiro atoms. The quantitative estimate of drug-likeness (QED) is 0.347. The Morgan fingerprint density at radius 2 is 1.65 bits per heavy atom. The van der Waals surface area contributed by atoms with Crippen LogP contribution in [0.1, 0.15) is 27.3 Å². The highest BCUT2D eigenvalue weighted by molar-refractivity contribution is 7.98. The average molecular weight is 476 g/mol. The van der Waals surface area contributed by atoms with Gasteiger partial charge in [0.05, 0.1) is 27.3 Å². The van der Waals surface area contributed by atoms with E-state index in [1.165, 1.54) is 0 Å². The van der Waals surface area contributed by atoms with E-state index >= 15 is 0 Å². The SMILES string of the molecule is COc1cc(OC)cc(C(=O)NCc2nnc(SCc3ccncc3)n2Cc2ccccc2)c1. The summed E-state index contributed by atoms with van der Waals surface area (Å²) in [6.07, 6.45) is 3.55. The van der Waals surface area contributed by atoms with E-state index in [4.69, 9.17) is 9.47 Å². The third-order valence-corrected chi connectivity index (χ3v) is 6.15. The Bertz CT molecular complexity index is 1210. The van der Waals surface area contributed by atoms with Gasteiger partial charge in [0, 0.05) is 29.8 Å². The molecule has 2 aromatic carbocycles. The molecule has 0 aliphatic carbocycles. The number of amides is 1. The fourth-order valence-electron chi connectivity index (χ4n) is 3.31. The van der Waals surface area contributed by atoms with E-state index in [9.17, 15) is 4.79 Å². The lowest BCUT2D eigenvalue weighted by Gasteiger charge is -2.12. The Kier molecular flexibility index (Phi) is 7.77. The Morgan fingerprint density at radius 1 is 0.941 bits per heavy atom. The van der Waals surface area contributed by atoms with E-state index in [-0.39, 0.29) is 12.5 Å². The number of aromatic nitrogens is 4. The van der Waals surface area contributed by atoms with Crippen LogP contribution in [0.2, 0.25) is 0 Å². The van der Waals surface area contributed by atoms with Crippen LogP contribution in [0.5, 0.6) is 11.5 Å². The second kappa shape index (κ2) is 11.3. The molecule has 4 aromatic rings. The van der Waals surface area contributed by atoms with Crippen molar-refractivity contribution in [1.82, 2.24) is 25.1 Å². The summed E-state index contributed by atoms with van der Waals surface area (Å²) in [6, 6.07) is 19.1. The number of rotatable bonds is 10. The number of benzene rings is 2. The highest BCUT2D eigenvalue weighted by Gasteiger charge is 2.16. The van der Waals surface area contributed by atoms with Crippen molar-refractivity contribution in [2.75, 3.05) is 14.2 Å². The normalized spacial score (nSPS) is 10.6. The Labute approximate surface area is 202 Å². The van der Waals surface area contributed by atoms with Gasteiger partial charge in [-0.15, -0.1) is 10.2 Å². The topological polar surface area (TPSA) is 91.2 Å². The molecule has 9 heteroatoms. The third-order valence-electron chi connectivity index (χ3n) is 5.11. The minimum atomic E-state index is -0.252. The van der Waals surface area contributed by atoms with Crippen molar-refractivity contribution in [2.24, 2.45) is 0 Å².